The maximum absolute atomic E-state index is 13.1. The van der Waals surface area contributed by atoms with E-state index in [0.29, 0.717) is 29.4 Å². The fourth-order valence-corrected chi connectivity index (χ4v) is 4.19. The quantitative estimate of drug-likeness (QED) is 0.361. The Kier molecular flexibility index (Phi) is 7.59. The summed E-state index contributed by atoms with van der Waals surface area (Å²) in [5.74, 6) is -0.830. The molecule has 1 aliphatic rings. The number of ether oxygens (including phenoxy) is 1. The minimum atomic E-state index is -0.690. The summed E-state index contributed by atoms with van der Waals surface area (Å²) >= 11 is 6.07. The number of aliphatic hydroxyl groups is 1. The van der Waals surface area contributed by atoms with Crippen LogP contribution >= 0.6 is 11.6 Å². The van der Waals surface area contributed by atoms with Crippen LogP contribution < -0.4 is 4.74 Å². The molecule has 7 heteroatoms. The van der Waals surface area contributed by atoms with Crippen LogP contribution in [0.2, 0.25) is 5.02 Å². The van der Waals surface area contributed by atoms with Gasteiger partial charge in [0.25, 0.3) is 11.7 Å². The van der Waals surface area contributed by atoms with E-state index in [0.717, 1.165) is 24.2 Å². The summed E-state index contributed by atoms with van der Waals surface area (Å²) in [5, 5.41) is 11.8. The lowest BCUT2D eigenvalue weighted by atomic mass is 9.94. The molecule has 0 bridgehead atoms. The minimum absolute atomic E-state index is 0.0881. The molecule has 0 aromatic heterocycles. The second-order valence-electron chi connectivity index (χ2n) is 7.75. The number of aryl methyl sites for hydroxylation is 1. The van der Waals surface area contributed by atoms with E-state index in [1.807, 2.05) is 6.92 Å². The van der Waals surface area contributed by atoms with Gasteiger partial charge in [-0.2, -0.15) is 0 Å². The highest BCUT2D eigenvalue weighted by atomic mass is 35.5. The van der Waals surface area contributed by atoms with Gasteiger partial charge in [0.15, 0.2) is 0 Å². The molecule has 1 amide bonds. The molecule has 32 heavy (non-hydrogen) atoms. The maximum Gasteiger partial charge on any atom is 0.295 e. The maximum atomic E-state index is 13.1. The normalized spacial score (nSPS) is 17.9. The molecule has 1 fully saturated rings. The van der Waals surface area contributed by atoms with Gasteiger partial charge in [-0.3, -0.25) is 9.59 Å². The van der Waals surface area contributed by atoms with Crippen LogP contribution in [0.5, 0.6) is 5.75 Å². The zero-order valence-corrected chi connectivity index (χ0v) is 19.6. The number of likely N-dealkylation sites (tertiary alicyclic amines) is 1. The smallest absolute Gasteiger partial charge is 0.295 e. The Morgan fingerprint density at radius 2 is 1.78 bits per heavy atom. The van der Waals surface area contributed by atoms with E-state index in [2.05, 4.69) is 18.7 Å². The number of ketones is 1. The van der Waals surface area contributed by atoms with E-state index in [1.54, 1.807) is 54.5 Å². The number of nitrogens with zero attached hydrogens (tertiary/aromatic N) is 2. The van der Waals surface area contributed by atoms with Crippen LogP contribution in [0, 0.1) is 6.92 Å². The molecule has 1 aliphatic heterocycles. The van der Waals surface area contributed by atoms with Crippen molar-refractivity contribution in [2.45, 2.75) is 26.8 Å². The molecule has 6 nitrogen and oxygen atoms in total. The fraction of sp³-hybridized carbons (Fsp3) is 0.360. The molecule has 2 aromatic carbocycles. The van der Waals surface area contributed by atoms with E-state index < -0.39 is 17.7 Å². The van der Waals surface area contributed by atoms with Crippen LogP contribution in [0.3, 0.4) is 0 Å². The van der Waals surface area contributed by atoms with Crippen molar-refractivity contribution in [3.05, 3.63) is 69.8 Å². The van der Waals surface area contributed by atoms with Gasteiger partial charge in [0.05, 0.1) is 18.7 Å². The lowest BCUT2D eigenvalue weighted by Gasteiger charge is -2.28. The van der Waals surface area contributed by atoms with Gasteiger partial charge in [-0.15, -0.1) is 0 Å². The Morgan fingerprint density at radius 1 is 1.12 bits per heavy atom. The third-order valence-electron chi connectivity index (χ3n) is 5.97. The van der Waals surface area contributed by atoms with Crippen molar-refractivity contribution in [2.24, 2.45) is 0 Å². The molecule has 0 radical (unpaired) electrons. The second-order valence-corrected chi connectivity index (χ2v) is 8.19. The number of halogens is 1. The first-order valence-electron chi connectivity index (χ1n) is 10.7. The van der Waals surface area contributed by atoms with Crippen molar-refractivity contribution in [1.29, 1.82) is 0 Å². The molecule has 3 rings (SSSR count). The number of Topliss-reactive ketones (excluding diaryl/α,β-unsaturated/α-hetero) is 1. The van der Waals surface area contributed by atoms with Crippen LogP contribution in [-0.2, 0) is 9.59 Å². The van der Waals surface area contributed by atoms with Gasteiger partial charge in [0, 0.05) is 23.7 Å². The van der Waals surface area contributed by atoms with E-state index >= 15 is 0 Å². The summed E-state index contributed by atoms with van der Waals surface area (Å²) in [7, 11) is 1.57. The molecular formula is C25H29ClN2O4. The van der Waals surface area contributed by atoms with E-state index in [1.165, 1.54) is 0 Å². The molecule has 0 saturated carbocycles. The highest BCUT2D eigenvalue weighted by molar-refractivity contribution is 6.46. The fourth-order valence-electron chi connectivity index (χ4n) is 4.07. The molecule has 0 spiro atoms. The van der Waals surface area contributed by atoms with Crippen LogP contribution in [0.15, 0.2) is 48.0 Å². The predicted octanol–water partition coefficient (Wildman–Crippen LogP) is 4.42. The number of hydrogen-bond donors (Lipinski definition) is 1. The summed E-state index contributed by atoms with van der Waals surface area (Å²) < 4.78 is 5.24. The van der Waals surface area contributed by atoms with Crippen molar-refractivity contribution in [3.8, 4) is 5.75 Å². The van der Waals surface area contributed by atoms with Gasteiger partial charge in [-0.1, -0.05) is 37.6 Å². The Morgan fingerprint density at radius 3 is 2.34 bits per heavy atom. The molecule has 1 saturated heterocycles. The van der Waals surface area contributed by atoms with Crippen LogP contribution in [-0.4, -0.2) is 59.9 Å². The van der Waals surface area contributed by atoms with Crippen LogP contribution in [0.25, 0.3) is 5.76 Å². The third kappa shape index (κ3) is 4.66. The molecule has 1 heterocycles. The molecule has 1 atom stereocenters. The third-order valence-corrected chi connectivity index (χ3v) is 6.22. The first-order chi connectivity index (χ1) is 15.3. The van der Waals surface area contributed by atoms with E-state index in [4.69, 9.17) is 16.3 Å². The summed E-state index contributed by atoms with van der Waals surface area (Å²) in [4.78, 5) is 29.9. The van der Waals surface area contributed by atoms with Crippen molar-refractivity contribution in [2.75, 3.05) is 33.3 Å². The summed E-state index contributed by atoms with van der Waals surface area (Å²) in [6.07, 6.45) is 0. The second kappa shape index (κ2) is 10.2. The predicted molar refractivity (Wildman–Crippen MR) is 126 cm³/mol. The Balaban J connectivity index is 2.12. The van der Waals surface area contributed by atoms with E-state index in [9.17, 15) is 14.7 Å². The largest absolute Gasteiger partial charge is 0.507 e. The van der Waals surface area contributed by atoms with Gasteiger partial charge in [0.1, 0.15) is 11.5 Å². The summed E-state index contributed by atoms with van der Waals surface area (Å²) in [5.41, 5.74) is 2.04. The van der Waals surface area contributed by atoms with Crippen molar-refractivity contribution in [3.63, 3.8) is 0 Å². The summed E-state index contributed by atoms with van der Waals surface area (Å²) in [6, 6.07) is 11.5. The number of amides is 1. The van der Waals surface area contributed by atoms with Gasteiger partial charge < -0.3 is 19.6 Å². The first kappa shape index (κ1) is 23.8. The van der Waals surface area contributed by atoms with Crippen molar-refractivity contribution in [1.82, 2.24) is 9.80 Å². The van der Waals surface area contributed by atoms with Crippen molar-refractivity contribution >= 4 is 29.1 Å². The zero-order valence-electron chi connectivity index (χ0n) is 18.9. The SMILES string of the molecule is CCN(CC)CCN1C(=O)C(=O)C(=C(O)c2ccc(OC)cc2C)[C@@H]1c1ccc(Cl)cc1. The molecule has 170 valence electrons. The number of carbonyl (C=O) groups excluding carboxylic acids is 2. The monoisotopic (exact) mass is 456 g/mol. The van der Waals surface area contributed by atoms with E-state index in [-0.39, 0.29) is 11.3 Å². The molecule has 1 N–H and O–H groups in total. The molecule has 0 aliphatic carbocycles. The molecule has 0 unspecified atom stereocenters. The number of methoxy groups -OCH3 is 1. The van der Waals surface area contributed by atoms with Gasteiger partial charge in [-0.25, -0.2) is 0 Å². The average Bonchev–Trinajstić information content (AvgIpc) is 3.04. The Bertz CT molecular complexity index is 1030. The van der Waals surface area contributed by atoms with Gasteiger partial charge in [-0.05, 0) is 61.5 Å². The van der Waals surface area contributed by atoms with Gasteiger partial charge >= 0.3 is 0 Å². The highest BCUT2D eigenvalue weighted by Crippen LogP contribution is 2.40. The highest BCUT2D eigenvalue weighted by Gasteiger charge is 2.46. The number of benzene rings is 2. The number of rotatable bonds is 8. The topological polar surface area (TPSA) is 70.1 Å². The first-order valence-corrected chi connectivity index (χ1v) is 11.1. The van der Waals surface area contributed by atoms with Crippen LogP contribution in [0.1, 0.15) is 36.6 Å². The van der Waals surface area contributed by atoms with Gasteiger partial charge in [0.2, 0.25) is 0 Å². The van der Waals surface area contributed by atoms with Crippen molar-refractivity contribution < 1.29 is 19.4 Å². The zero-order chi connectivity index (χ0) is 23.4. The molecule has 2 aromatic rings. The number of carbonyl (C=O) groups is 2. The average molecular weight is 457 g/mol. The number of likely N-dealkylation sites (N-methyl/N-ethyl adjacent to an activating group) is 1. The van der Waals surface area contributed by atoms with Crippen LogP contribution in [0.4, 0.5) is 0 Å². The summed E-state index contributed by atoms with van der Waals surface area (Å²) in [6.45, 7) is 8.63. The lowest BCUT2D eigenvalue weighted by Crippen LogP contribution is -2.38. The molecular weight excluding hydrogens is 428 g/mol. The lowest BCUT2D eigenvalue weighted by molar-refractivity contribution is -0.140. The Labute approximate surface area is 194 Å². The standard InChI is InChI=1S/C25H29ClN2O4/c1-5-27(6-2)13-14-28-22(17-7-9-18(26)10-8-17)21(24(30)25(28)31)23(29)20-12-11-19(32-4)15-16(20)3/h7-12,15,22,29H,5-6,13-14H2,1-4H3/t22-/m0/s1. The number of hydrogen-bond acceptors (Lipinski definition) is 5. The minimum Gasteiger partial charge on any atom is -0.507 e. The number of aliphatic hydroxyl groups excluding tert-OH is 1. The Hall–Kier alpha value is -2.83.